The van der Waals surface area contributed by atoms with Crippen molar-refractivity contribution in [1.82, 2.24) is 24.4 Å². The first-order valence-corrected chi connectivity index (χ1v) is 12.6. The van der Waals surface area contributed by atoms with Gasteiger partial charge in [0.05, 0.1) is 53.1 Å². The number of fused-ring (bicyclic) bond motifs is 2. The molecule has 0 radical (unpaired) electrons. The van der Waals surface area contributed by atoms with E-state index < -0.39 is 0 Å². The molecule has 2 aliphatic rings. The molecule has 1 atom stereocenters. The molecule has 1 aromatic carbocycles. The van der Waals surface area contributed by atoms with Gasteiger partial charge in [-0.05, 0) is 63.8 Å². The van der Waals surface area contributed by atoms with Gasteiger partial charge in [-0.3, -0.25) is 14.9 Å². The molecule has 7 nitrogen and oxygen atoms in total. The smallest absolute Gasteiger partial charge is 0.204 e. The van der Waals surface area contributed by atoms with E-state index in [9.17, 15) is 0 Å². The van der Waals surface area contributed by atoms with Crippen molar-refractivity contribution < 1.29 is 4.74 Å². The van der Waals surface area contributed by atoms with Crippen molar-refractivity contribution in [1.29, 1.82) is 0 Å². The van der Waals surface area contributed by atoms with Gasteiger partial charge in [0.15, 0.2) is 0 Å². The first-order chi connectivity index (χ1) is 16.1. The van der Waals surface area contributed by atoms with E-state index in [1.807, 2.05) is 6.92 Å². The molecule has 5 rings (SSSR count). The normalized spacial score (nSPS) is 19.1. The molecule has 1 aliphatic carbocycles. The number of benzene rings is 1. The minimum Gasteiger partial charge on any atom is -0.379 e. The van der Waals surface area contributed by atoms with Crippen LogP contribution in [0.15, 0.2) is 18.2 Å². The largest absolute Gasteiger partial charge is 0.379 e. The van der Waals surface area contributed by atoms with E-state index in [0.29, 0.717) is 5.88 Å². The second-order valence-electron chi connectivity index (χ2n) is 9.13. The van der Waals surface area contributed by atoms with Crippen molar-refractivity contribution in [2.75, 3.05) is 44.7 Å². The number of morpholine rings is 1. The van der Waals surface area contributed by atoms with E-state index in [1.54, 1.807) is 0 Å². The van der Waals surface area contributed by atoms with Crippen LogP contribution in [-0.2, 0) is 17.0 Å². The van der Waals surface area contributed by atoms with Crippen molar-refractivity contribution in [3.8, 4) is 0 Å². The van der Waals surface area contributed by atoms with Crippen LogP contribution in [0.2, 0.25) is 0 Å². The Morgan fingerprint density at radius 1 is 1.12 bits per heavy atom. The van der Waals surface area contributed by atoms with Crippen molar-refractivity contribution in [2.24, 2.45) is 0 Å². The van der Waals surface area contributed by atoms with Crippen molar-refractivity contribution >= 4 is 28.6 Å². The molecule has 1 unspecified atom stereocenters. The van der Waals surface area contributed by atoms with Gasteiger partial charge in [-0.1, -0.05) is 6.07 Å². The summed E-state index contributed by atoms with van der Waals surface area (Å²) in [5, 5.41) is 3.65. The number of hydrogen-bond donors (Lipinski definition) is 1. The molecule has 1 saturated heterocycles. The molecular formula is C25H33ClN6O. The molecule has 1 N–H and O–H groups in total. The van der Waals surface area contributed by atoms with Gasteiger partial charge < -0.3 is 14.6 Å². The summed E-state index contributed by atoms with van der Waals surface area (Å²) in [6, 6.07) is 6.45. The van der Waals surface area contributed by atoms with Gasteiger partial charge in [-0.25, -0.2) is 4.98 Å². The van der Waals surface area contributed by atoms with Crippen LogP contribution in [0.4, 0.5) is 5.95 Å². The van der Waals surface area contributed by atoms with Crippen LogP contribution < -0.4 is 5.32 Å². The molecule has 0 spiro atoms. The number of anilines is 1. The Morgan fingerprint density at radius 2 is 1.94 bits per heavy atom. The first-order valence-electron chi connectivity index (χ1n) is 12.1. The number of hydrogen-bond acceptors (Lipinski definition) is 6. The molecule has 1 fully saturated rings. The Bertz CT molecular complexity index is 1120. The van der Waals surface area contributed by atoms with Gasteiger partial charge in [-0.2, -0.15) is 0 Å². The fourth-order valence-corrected chi connectivity index (χ4v) is 5.12. The van der Waals surface area contributed by atoms with Crippen molar-refractivity contribution in [3.63, 3.8) is 0 Å². The van der Waals surface area contributed by atoms with Crippen molar-refractivity contribution in [3.05, 3.63) is 46.5 Å². The predicted octanol–water partition coefficient (Wildman–Crippen LogP) is 4.24. The van der Waals surface area contributed by atoms with Gasteiger partial charge in [0, 0.05) is 25.5 Å². The zero-order chi connectivity index (χ0) is 22.8. The van der Waals surface area contributed by atoms with Crippen LogP contribution in [0.5, 0.6) is 0 Å². The Balaban J connectivity index is 1.46. The monoisotopic (exact) mass is 468 g/mol. The molecule has 33 heavy (non-hydrogen) atoms. The third-order valence-corrected chi connectivity index (χ3v) is 7.18. The standard InChI is InChI=1S/C25H33ClN6O/c1-17-18(2)29-24-21(28-17)5-3-6-22(24)32-23-15-19(16-26)7-8-20(23)30-25(32)27-9-4-10-31-11-13-33-14-12-31/h7-8,15,22H,3-6,9-14,16H2,1-2H3,(H,27,30). The maximum absolute atomic E-state index is 6.19. The van der Waals surface area contributed by atoms with E-state index in [1.165, 1.54) is 0 Å². The highest BCUT2D eigenvalue weighted by atomic mass is 35.5. The van der Waals surface area contributed by atoms with Gasteiger partial charge in [0.2, 0.25) is 5.95 Å². The average molecular weight is 469 g/mol. The van der Waals surface area contributed by atoms with Crippen LogP contribution in [0.1, 0.15) is 53.6 Å². The number of rotatable bonds is 7. The number of halogens is 1. The lowest BCUT2D eigenvalue weighted by Gasteiger charge is -2.28. The lowest BCUT2D eigenvalue weighted by molar-refractivity contribution is 0.0378. The molecule has 8 heteroatoms. The van der Waals surface area contributed by atoms with E-state index >= 15 is 0 Å². The predicted molar refractivity (Wildman–Crippen MR) is 132 cm³/mol. The van der Waals surface area contributed by atoms with Gasteiger partial charge in [0.1, 0.15) is 0 Å². The van der Waals surface area contributed by atoms with Crippen molar-refractivity contribution in [2.45, 2.75) is 51.5 Å². The van der Waals surface area contributed by atoms with Crippen LogP contribution in [0.3, 0.4) is 0 Å². The Labute approximate surface area is 200 Å². The second kappa shape index (κ2) is 9.95. The highest BCUT2D eigenvalue weighted by Crippen LogP contribution is 2.36. The fourth-order valence-electron chi connectivity index (χ4n) is 4.96. The first kappa shape index (κ1) is 22.6. The summed E-state index contributed by atoms with van der Waals surface area (Å²) in [7, 11) is 0. The third-order valence-electron chi connectivity index (χ3n) is 6.87. The summed E-state index contributed by atoms with van der Waals surface area (Å²) in [6.45, 7) is 9.78. The maximum atomic E-state index is 6.19. The average Bonchev–Trinajstić information content (AvgIpc) is 3.20. The molecule has 176 valence electrons. The van der Waals surface area contributed by atoms with Crippen LogP contribution >= 0.6 is 11.6 Å². The zero-order valence-corrected chi connectivity index (χ0v) is 20.4. The summed E-state index contributed by atoms with van der Waals surface area (Å²) in [6.07, 6.45) is 4.18. The zero-order valence-electron chi connectivity index (χ0n) is 19.6. The molecule has 0 saturated carbocycles. The Morgan fingerprint density at radius 3 is 2.76 bits per heavy atom. The van der Waals surface area contributed by atoms with Gasteiger partial charge in [0.25, 0.3) is 0 Å². The summed E-state index contributed by atoms with van der Waals surface area (Å²) in [5.41, 5.74) is 7.46. The minimum atomic E-state index is 0.123. The summed E-state index contributed by atoms with van der Waals surface area (Å²) in [4.78, 5) is 17.4. The minimum absolute atomic E-state index is 0.123. The van der Waals surface area contributed by atoms with Crippen LogP contribution in [0.25, 0.3) is 11.0 Å². The number of ether oxygens (including phenoxy) is 1. The summed E-state index contributed by atoms with van der Waals surface area (Å²) in [5.74, 6) is 1.40. The summed E-state index contributed by atoms with van der Waals surface area (Å²) < 4.78 is 7.81. The highest BCUT2D eigenvalue weighted by molar-refractivity contribution is 6.17. The molecule has 0 amide bonds. The number of alkyl halides is 1. The Hall–Kier alpha value is -2.22. The number of aromatic nitrogens is 4. The third kappa shape index (κ3) is 4.72. The maximum Gasteiger partial charge on any atom is 0.204 e. The molecule has 1 aliphatic heterocycles. The van der Waals surface area contributed by atoms with E-state index in [-0.39, 0.29) is 6.04 Å². The lowest BCUT2D eigenvalue weighted by Crippen LogP contribution is -2.37. The number of aryl methyl sites for hydroxylation is 3. The quantitative estimate of drug-likeness (QED) is 0.413. The molecule has 2 aromatic heterocycles. The van der Waals surface area contributed by atoms with Gasteiger partial charge >= 0.3 is 0 Å². The van der Waals surface area contributed by atoms with E-state index in [0.717, 1.165) is 110 Å². The van der Waals surface area contributed by atoms with Gasteiger partial charge in [-0.15, -0.1) is 11.6 Å². The molecular weight excluding hydrogens is 436 g/mol. The molecule has 3 heterocycles. The Kier molecular flexibility index (Phi) is 6.81. The van der Waals surface area contributed by atoms with E-state index in [4.69, 9.17) is 31.3 Å². The number of imidazole rings is 1. The highest BCUT2D eigenvalue weighted by Gasteiger charge is 2.29. The summed E-state index contributed by atoms with van der Waals surface area (Å²) >= 11 is 6.19. The molecule has 3 aromatic rings. The number of nitrogens with zero attached hydrogens (tertiary/aromatic N) is 5. The SMILES string of the molecule is Cc1nc2c(nc1C)C(n1c(NCCCN3CCOCC3)nc3ccc(CCl)cc31)CCC2. The van der Waals surface area contributed by atoms with Crippen LogP contribution in [-0.4, -0.2) is 63.8 Å². The second-order valence-corrected chi connectivity index (χ2v) is 9.40. The van der Waals surface area contributed by atoms with E-state index in [2.05, 4.69) is 39.9 Å². The lowest BCUT2D eigenvalue weighted by atomic mass is 9.94. The van der Waals surface area contributed by atoms with Crippen LogP contribution in [0, 0.1) is 13.8 Å². The number of nitrogens with one attached hydrogen (secondary N) is 1. The molecule has 0 bridgehead atoms. The fraction of sp³-hybridized carbons (Fsp3) is 0.560. The topological polar surface area (TPSA) is 68.1 Å².